The van der Waals surface area contributed by atoms with Crippen molar-refractivity contribution in [3.63, 3.8) is 0 Å². The average molecular weight is 170 g/mol. The van der Waals surface area contributed by atoms with Crippen LogP contribution in [0, 0.1) is 17.8 Å². The normalized spacial score (nSPS) is 36.3. The van der Waals surface area contributed by atoms with E-state index in [1.807, 2.05) is 0 Å². The zero-order valence-electron chi connectivity index (χ0n) is 7.03. The maximum absolute atomic E-state index is 10.8. The number of carbonyl (C=O) groups is 1. The minimum absolute atomic E-state index is 0.227. The highest BCUT2D eigenvalue weighted by Crippen LogP contribution is 2.40. The number of hydrogen-bond acceptors (Lipinski definition) is 2. The molecule has 1 saturated heterocycles. The van der Waals surface area contributed by atoms with E-state index in [1.54, 1.807) is 0 Å². The predicted octanol–water partition coefficient (Wildman–Crippen LogP) is 1.13. The summed E-state index contributed by atoms with van der Waals surface area (Å²) in [7, 11) is 0. The Kier molecular flexibility index (Phi) is 2.05. The molecular formula is C9H14O3. The van der Waals surface area contributed by atoms with Gasteiger partial charge in [0.05, 0.1) is 19.1 Å². The number of hydrogen-bond donors (Lipinski definition) is 1. The first-order valence-electron chi connectivity index (χ1n) is 4.59. The van der Waals surface area contributed by atoms with Gasteiger partial charge in [-0.15, -0.1) is 0 Å². The number of aliphatic carboxylic acids is 1. The summed E-state index contributed by atoms with van der Waals surface area (Å²) in [5.41, 5.74) is 0. The molecule has 0 amide bonds. The highest BCUT2D eigenvalue weighted by atomic mass is 16.5. The largest absolute Gasteiger partial charge is 0.481 e. The van der Waals surface area contributed by atoms with Gasteiger partial charge in [-0.05, 0) is 5.92 Å². The summed E-state index contributed by atoms with van der Waals surface area (Å²) in [6.45, 7) is 1.10. The topological polar surface area (TPSA) is 46.5 Å². The fourth-order valence-electron chi connectivity index (χ4n) is 2.16. The Morgan fingerprint density at radius 1 is 1.33 bits per heavy atom. The van der Waals surface area contributed by atoms with E-state index in [9.17, 15) is 4.79 Å². The third-order valence-electron chi connectivity index (χ3n) is 3.20. The molecule has 1 saturated carbocycles. The standard InChI is InChI=1S/C9H14O3/c10-9(11)8-5-12-4-7(8)6-2-1-3-6/h6-8H,1-5H2,(H,10,11). The van der Waals surface area contributed by atoms with Crippen LogP contribution in [-0.4, -0.2) is 24.3 Å². The van der Waals surface area contributed by atoms with Gasteiger partial charge in [0.1, 0.15) is 0 Å². The molecule has 0 aromatic heterocycles. The summed E-state index contributed by atoms with van der Waals surface area (Å²) < 4.78 is 5.21. The Hall–Kier alpha value is -0.570. The number of carboxylic acids is 1. The Balaban J connectivity index is 1.98. The van der Waals surface area contributed by atoms with Crippen molar-refractivity contribution < 1.29 is 14.6 Å². The summed E-state index contributed by atoms with van der Waals surface area (Å²) in [6.07, 6.45) is 3.68. The van der Waals surface area contributed by atoms with Crippen LogP contribution in [-0.2, 0) is 9.53 Å². The molecule has 1 aliphatic carbocycles. The quantitative estimate of drug-likeness (QED) is 0.675. The zero-order chi connectivity index (χ0) is 8.55. The average Bonchev–Trinajstić information content (AvgIpc) is 2.31. The van der Waals surface area contributed by atoms with Crippen LogP contribution in [0.2, 0.25) is 0 Å². The lowest BCUT2D eigenvalue weighted by Crippen LogP contribution is -2.31. The molecule has 2 fully saturated rings. The first-order chi connectivity index (χ1) is 5.79. The molecular weight excluding hydrogens is 156 g/mol. The molecule has 0 radical (unpaired) electrons. The first kappa shape index (κ1) is 8.05. The van der Waals surface area contributed by atoms with Crippen molar-refractivity contribution >= 4 is 5.97 Å². The third-order valence-corrected chi connectivity index (χ3v) is 3.20. The molecule has 0 aromatic rings. The summed E-state index contributed by atoms with van der Waals surface area (Å²) >= 11 is 0. The van der Waals surface area contributed by atoms with Gasteiger partial charge in [-0.1, -0.05) is 19.3 Å². The van der Waals surface area contributed by atoms with Gasteiger partial charge in [0.2, 0.25) is 0 Å². The van der Waals surface area contributed by atoms with E-state index in [1.165, 1.54) is 19.3 Å². The van der Waals surface area contributed by atoms with Gasteiger partial charge in [-0.25, -0.2) is 0 Å². The molecule has 3 heteroatoms. The summed E-state index contributed by atoms with van der Waals surface area (Å²) in [6, 6.07) is 0. The van der Waals surface area contributed by atoms with Gasteiger partial charge in [0.25, 0.3) is 0 Å². The van der Waals surface area contributed by atoms with Gasteiger partial charge in [-0.3, -0.25) is 4.79 Å². The molecule has 68 valence electrons. The Morgan fingerprint density at radius 2 is 2.08 bits per heavy atom. The highest BCUT2D eigenvalue weighted by molar-refractivity contribution is 5.70. The fraction of sp³-hybridized carbons (Fsp3) is 0.889. The van der Waals surface area contributed by atoms with Crippen molar-refractivity contribution in [2.45, 2.75) is 19.3 Å². The van der Waals surface area contributed by atoms with Gasteiger partial charge >= 0.3 is 5.97 Å². The molecule has 1 aliphatic heterocycles. The zero-order valence-corrected chi connectivity index (χ0v) is 7.03. The number of carboxylic acid groups (broad SMARTS) is 1. The molecule has 0 bridgehead atoms. The van der Waals surface area contributed by atoms with Crippen LogP contribution in [0.15, 0.2) is 0 Å². The maximum atomic E-state index is 10.8. The second-order valence-electron chi connectivity index (χ2n) is 3.84. The van der Waals surface area contributed by atoms with Crippen LogP contribution in [0.4, 0.5) is 0 Å². The molecule has 1 N–H and O–H groups in total. The van der Waals surface area contributed by atoms with E-state index in [2.05, 4.69) is 0 Å². The van der Waals surface area contributed by atoms with E-state index in [4.69, 9.17) is 9.84 Å². The van der Waals surface area contributed by atoms with E-state index < -0.39 is 5.97 Å². The molecule has 2 aliphatic rings. The van der Waals surface area contributed by atoms with Gasteiger partial charge in [0, 0.05) is 5.92 Å². The second kappa shape index (κ2) is 3.05. The third kappa shape index (κ3) is 1.22. The van der Waals surface area contributed by atoms with Crippen molar-refractivity contribution in [2.75, 3.05) is 13.2 Å². The molecule has 0 spiro atoms. The van der Waals surface area contributed by atoms with Crippen molar-refractivity contribution in [2.24, 2.45) is 17.8 Å². The molecule has 2 rings (SSSR count). The van der Waals surface area contributed by atoms with Crippen molar-refractivity contribution in [1.82, 2.24) is 0 Å². The van der Waals surface area contributed by atoms with E-state index in [0.29, 0.717) is 25.0 Å². The van der Waals surface area contributed by atoms with Gasteiger partial charge < -0.3 is 9.84 Å². The van der Waals surface area contributed by atoms with Crippen LogP contribution in [0.3, 0.4) is 0 Å². The number of ether oxygens (including phenoxy) is 1. The molecule has 1 heterocycles. The Morgan fingerprint density at radius 3 is 2.58 bits per heavy atom. The van der Waals surface area contributed by atoms with Gasteiger partial charge in [-0.2, -0.15) is 0 Å². The predicted molar refractivity (Wildman–Crippen MR) is 42.8 cm³/mol. The Bertz CT molecular complexity index is 186. The summed E-state index contributed by atoms with van der Waals surface area (Å²) in [5, 5.41) is 8.87. The number of rotatable bonds is 2. The van der Waals surface area contributed by atoms with E-state index in [-0.39, 0.29) is 5.92 Å². The highest BCUT2D eigenvalue weighted by Gasteiger charge is 2.40. The minimum atomic E-state index is -0.676. The Labute approximate surface area is 71.7 Å². The first-order valence-corrected chi connectivity index (χ1v) is 4.59. The lowest BCUT2D eigenvalue weighted by atomic mass is 9.72. The van der Waals surface area contributed by atoms with Crippen LogP contribution < -0.4 is 0 Å². The van der Waals surface area contributed by atoms with Crippen molar-refractivity contribution in [3.8, 4) is 0 Å². The molecule has 12 heavy (non-hydrogen) atoms. The van der Waals surface area contributed by atoms with Crippen LogP contribution in [0.1, 0.15) is 19.3 Å². The van der Waals surface area contributed by atoms with E-state index >= 15 is 0 Å². The summed E-state index contributed by atoms with van der Waals surface area (Å²) in [4.78, 5) is 10.8. The second-order valence-corrected chi connectivity index (χ2v) is 3.84. The molecule has 0 aromatic carbocycles. The molecule has 2 unspecified atom stereocenters. The fourth-order valence-corrected chi connectivity index (χ4v) is 2.16. The lowest BCUT2D eigenvalue weighted by molar-refractivity contribution is -0.143. The van der Waals surface area contributed by atoms with Crippen LogP contribution >= 0.6 is 0 Å². The van der Waals surface area contributed by atoms with Gasteiger partial charge in [0.15, 0.2) is 0 Å². The smallest absolute Gasteiger partial charge is 0.309 e. The van der Waals surface area contributed by atoms with E-state index in [0.717, 1.165) is 0 Å². The molecule has 2 atom stereocenters. The monoisotopic (exact) mass is 170 g/mol. The SMILES string of the molecule is O=C(O)C1COCC1C1CCC1. The lowest BCUT2D eigenvalue weighted by Gasteiger charge is -2.32. The van der Waals surface area contributed by atoms with Crippen molar-refractivity contribution in [1.29, 1.82) is 0 Å². The van der Waals surface area contributed by atoms with Crippen molar-refractivity contribution in [3.05, 3.63) is 0 Å². The maximum Gasteiger partial charge on any atom is 0.309 e. The molecule has 3 nitrogen and oxygen atoms in total. The summed E-state index contributed by atoms with van der Waals surface area (Å²) in [5.74, 6) is 0.0320. The van der Waals surface area contributed by atoms with Crippen LogP contribution in [0.5, 0.6) is 0 Å². The minimum Gasteiger partial charge on any atom is -0.481 e. The van der Waals surface area contributed by atoms with Crippen LogP contribution in [0.25, 0.3) is 0 Å².